The smallest absolute Gasteiger partial charge is 0.255 e. The van der Waals surface area contributed by atoms with Crippen LogP contribution in [-0.2, 0) is 10.0 Å². The molecule has 2 aromatic rings. The largest absolute Gasteiger partial charge is 0.263 e. The zero-order valence-electron chi connectivity index (χ0n) is 8.84. The van der Waals surface area contributed by atoms with Gasteiger partial charge in [0.2, 0.25) is 0 Å². The van der Waals surface area contributed by atoms with Crippen molar-refractivity contribution in [1.29, 1.82) is 0 Å². The van der Waals surface area contributed by atoms with Gasteiger partial charge in [-0.05, 0) is 35.0 Å². The van der Waals surface area contributed by atoms with Crippen LogP contribution in [0.15, 0.2) is 39.1 Å². The lowest BCUT2D eigenvalue weighted by Crippen LogP contribution is -2.12. The first-order valence-corrected chi connectivity index (χ1v) is 7.77. The van der Waals surface area contributed by atoms with Gasteiger partial charge in [-0.1, -0.05) is 29.0 Å². The van der Waals surface area contributed by atoms with Crippen molar-refractivity contribution in [3.63, 3.8) is 0 Å². The Morgan fingerprint density at radius 2 is 1.94 bits per heavy atom. The van der Waals surface area contributed by atoms with Crippen molar-refractivity contribution >= 4 is 42.4 Å². The Morgan fingerprint density at radius 3 is 2.47 bits per heavy atom. The summed E-state index contributed by atoms with van der Waals surface area (Å²) in [6.45, 7) is 1.90. The third-order valence-corrected chi connectivity index (χ3v) is 4.91. The molecule has 0 aliphatic carbocycles. The first-order chi connectivity index (χ1) is 7.97. The number of sulfonamides is 1. The minimum absolute atomic E-state index is 0.231. The van der Waals surface area contributed by atoms with Crippen LogP contribution in [0.25, 0.3) is 0 Å². The van der Waals surface area contributed by atoms with Crippen molar-refractivity contribution in [2.75, 3.05) is 4.72 Å². The summed E-state index contributed by atoms with van der Waals surface area (Å²) >= 11 is 4.45. The summed E-state index contributed by atoms with van der Waals surface area (Å²) in [5.74, 6) is 0. The molecule has 4 nitrogen and oxygen atoms in total. The van der Waals surface area contributed by atoms with Crippen LogP contribution in [0.2, 0.25) is 0 Å². The van der Waals surface area contributed by atoms with E-state index in [1.165, 1.54) is 11.3 Å². The number of nitrogens with zero attached hydrogens (tertiary/aromatic N) is 1. The molecule has 0 unspecified atom stereocenters. The number of rotatable bonds is 3. The molecule has 1 heterocycles. The Labute approximate surface area is 112 Å². The second-order valence-corrected chi connectivity index (χ2v) is 7.48. The Kier molecular flexibility index (Phi) is 3.50. The van der Waals surface area contributed by atoms with Gasteiger partial charge >= 0.3 is 0 Å². The molecule has 0 aliphatic rings. The molecule has 0 saturated heterocycles. The molecule has 2 rings (SSSR count). The minimum Gasteiger partial charge on any atom is -0.255 e. The SMILES string of the molecule is Cc1ccc(S(=O)(=O)Nc2ncc(Br)s2)cc1. The van der Waals surface area contributed by atoms with E-state index in [0.29, 0.717) is 5.13 Å². The highest BCUT2D eigenvalue weighted by molar-refractivity contribution is 9.11. The van der Waals surface area contributed by atoms with E-state index in [-0.39, 0.29) is 4.90 Å². The van der Waals surface area contributed by atoms with Crippen LogP contribution < -0.4 is 4.72 Å². The number of aryl methyl sites for hydroxylation is 1. The van der Waals surface area contributed by atoms with Gasteiger partial charge in [0, 0.05) is 0 Å². The van der Waals surface area contributed by atoms with Crippen molar-refractivity contribution in [1.82, 2.24) is 4.98 Å². The van der Waals surface area contributed by atoms with Gasteiger partial charge in [0.05, 0.1) is 14.9 Å². The van der Waals surface area contributed by atoms with E-state index in [4.69, 9.17) is 0 Å². The lowest BCUT2D eigenvalue weighted by atomic mass is 10.2. The maximum Gasteiger partial charge on any atom is 0.263 e. The van der Waals surface area contributed by atoms with E-state index in [1.807, 2.05) is 6.92 Å². The van der Waals surface area contributed by atoms with Gasteiger partial charge in [-0.2, -0.15) is 0 Å². The van der Waals surface area contributed by atoms with Crippen LogP contribution in [0.5, 0.6) is 0 Å². The van der Waals surface area contributed by atoms with Gasteiger partial charge in [0.15, 0.2) is 5.13 Å². The molecule has 1 N–H and O–H groups in total. The van der Waals surface area contributed by atoms with Gasteiger partial charge in [-0.25, -0.2) is 13.4 Å². The lowest BCUT2D eigenvalue weighted by Gasteiger charge is -2.04. The normalized spacial score (nSPS) is 11.4. The van der Waals surface area contributed by atoms with E-state index in [9.17, 15) is 8.42 Å². The highest BCUT2D eigenvalue weighted by Crippen LogP contribution is 2.25. The summed E-state index contributed by atoms with van der Waals surface area (Å²) < 4.78 is 27.1. The molecule has 0 aliphatic heterocycles. The molecule has 0 fully saturated rings. The van der Waals surface area contributed by atoms with Crippen LogP contribution in [0, 0.1) is 6.92 Å². The Hall–Kier alpha value is -0.920. The fourth-order valence-electron chi connectivity index (χ4n) is 1.19. The van der Waals surface area contributed by atoms with Crippen molar-refractivity contribution in [3.05, 3.63) is 39.8 Å². The maximum atomic E-state index is 12.0. The fourth-order valence-corrected chi connectivity index (χ4v) is 3.54. The van der Waals surface area contributed by atoms with Crippen LogP contribution >= 0.6 is 27.3 Å². The Morgan fingerprint density at radius 1 is 1.29 bits per heavy atom. The van der Waals surface area contributed by atoms with E-state index in [2.05, 4.69) is 25.6 Å². The molecule has 0 bridgehead atoms. The number of thiazole rings is 1. The number of nitrogens with one attached hydrogen (secondary N) is 1. The summed E-state index contributed by atoms with van der Waals surface area (Å²) in [4.78, 5) is 4.16. The number of aromatic nitrogens is 1. The standard InChI is InChI=1S/C10H9BrN2O2S2/c1-7-2-4-8(5-3-7)17(14,15)13-10-12-6-9(11)16-10/h2-6H,1H3,(H,12,13). The van der Waals surface area contributed by atoms with Crippen molar-refractivity contribution in [2.24, 2.45) is 0 Å². The summed E-state index contributed by atoms with van der Waals surface area (Å²) in [5, 5.41) is 0.345. The molecule has 0 radical (unpaired) electrons. The van der Waals surface area contributed by atoms with Crippen LogP contribution in [0.1, 0.15) is 5.56 Å². The highest BCUT2D eigenvalue weighted by Gasteiger charge is 2.15. The molecular formula is C10H9BrN2O2S2. The molecule has 0 atom stereocenters. The van der Waals surface area contributed by atoms with Crippen LogP contribution in [0.4, 0.5) is 5.13 Å². The second-order valence-electron chi connectivity index (χ2n) is 3.39. The van der Waals surface area contributed by atoms with E-state index in [1.54, 1.807) is 30.5 Å². The predicted octanol–water partition coefficient (Wildman–Crippen LogP) is 3.01. The molecule has 1 aromatic carbocycles. The molecule has 7 heteroatoms. The topological polar surface area (TPSA) is 59.1 Å². The van der Waals surface area contributed by atoms with Gasteiger partial charge in [0.25, 0.3) is 10.0 Å². The van der Waals surface area contributed by atoms with E-state index < -0.39 is 10.0 Å². The molecule has 0 amide bonds. The van der Waals surface area contributed by atoms with Gasteiger partial charge in [-0.15, -0.1) is 0 Å². The highest BCUT2D eigenvalue weighted by atomic mass is 79.9. The fraction of sp³-hybridized carbons (Fsp3) is 0.100. The predicted molar refractivity (Wildman–Crippen MR) is 71.8 cm³/mol. The number of hydrogen-bond donors (Lipinski definition) is 1. The van der Waals surface area contributed by atoms with Crippen molar-refractivity contribution in [2.45, 2.75) is 11.8 Å². The average molecular weight is 333 g/mol. The first-order valence-electron chi connectivity index (χ1n) is 4.68. The average Bonchev–Trinajstić information content (AvgIpc) is 2.63. The molecule has 17 heavy (non-hydrogen) atoms. The number of halogens is 1. The first kappa shape index (κ1) is 12.5. The molecule has 1 aromatic heterocycles. The summed E-state index contributed by atoms with van der Waals surface area (Å²) in [5.41, 5.74) is 1.01. The van der Waals surface area contributed by atoms with E-state index in [0.717, 1.165) is 9.35 Å². The van der Waals surface area contributed by atoms with Crippen molar-refractivity contribution < 1.29 is 8.42 Å². The summed E-state index contributed by atoms with van der Waals surface area (Å²) in [6, 6.07) is 6.65. The maximum absolute atomic E-state index is 12.0. The summed E-state index contributed by atoms with van der Waals surface area (Å²) in [7, 11) is -3.54. The third kappa shape index (κ3) is 3.05. The quantitative estimate of drug-likeness (QED) is 0.939. The van der Waals surface area contributed by atoms with Gasteiger partial charge < -0.3 is 0 Å². The number of hydrogen-bond acceptors (Lipinski definition) is 4. The molecular weight excluding hydrogens is 324 g/mol. The van der Waals surface area contributed by atoms with Gasteiger partial charge in [0.1, 0.15) is 0 Å². The van der Waals surface area contributed by atoms with Gasteiger partial charge in [-0.3, -0.25) is 4.72 Å². The van der Waals surface area contributed by atoms with Crippen molar-refractivity contribution in [3.8, 4) is 0 Å². The molecule has 0 saturated carbocycles. The number of benzene rings is 1. The Bertz CT molecular complexity index is 620. The zero-order valence-corrected chi connectivity index (χ0v) is 12.1. The zero-order chi connectivity index (χ0) is 12.5. The third-order valence-electron chi connectivity index (χ3n) is 2.03. The Balaban J connectivity index is 2.28. The summed E-state index contributed by atoms with van der Waals surface area (Å²) in [6.07, 6.45) is 1.55. The van der Waals surface area contributed by atoms with Crippen LogP contribution in [0.3, 0.4) is 0 Å². The molecule has 90 valence electrons. The second kappa shape index (κ2) is 4.75. The molecule has 0 spiro atoms. The minimum atomic E-state index is -3.54. The monoisotopic (exact) mass is 332 g/mol. The van der Waals surface area contributed by atoms with Crippen LogP contribution in [-0.4, -0.2) is 13.4 Å². The van der Waals surface area contributed by atoms with E-state index >= 15 is 0 Å². The lowest BCUT2D eigenvalue weighted by molar-refractivity contribution is 0.601. The number of anilines is 1.